The molecule has 0 bridgehead atoms. The summed E-state index contributed by atoms with van der Waals surface area (Å²) in [6.07, 6.45) is 2.15. The van der Waals surface area contributed by atoms with Gasteiger partial charge in [-0.05, 0) is 31.0 Å². The van der Waals surface area contributed by atoms with Crippen LogP contribution in [0.2, 0.25) is 0 Å². The Morgan fingerprint density at radius 1 is 1.57 bits per heavy atom. The molecule has 0 saturated carbocycles. The number of ether oxygens (including phenoxy) is 1. The molecule has 1 aliphatic rings. The highest BCUT2D eigenvalue weighted by Gasteiger charge is 2.15. The summed E-state index contributed by atoms with van der Waals surface area (Å²) >= 11 is 5.07. The van der Waals surface area contributed by atoms with E-state index in [0.717, 1.165) is 32.6 Å². The molecule has 78 valence electrons. The van der Waals surface area contributed by atoms with Crippen LogP contribution in [0.15, 0.2) is 0 Å². The summed E-state index contributed by atoms with van der Waals surface area (Å²) in [5.41, 5.74) is 5.68. The normalized spacial score (nSPS) is 18.6. The maximum atomic E-state index is 5.68. The van der Waals surface area contributed by atoms with Crippen molar-refractivity contribution in [1.29, 1.82) is 0 Å². The second-order valence-corrected chi connectivity index (χ2v) is 3.94. The number of nitrogens with one attached hydrogen (secondary N) is 1. The monoisotopic (exact) mass is 214 g/mol. The van der Waals surface area contributed by atoms with E-state index in [2.05, 4.69) is 10.2 Å². The molecule has 1 aliphatic heterocycles. The first-order chi connectivity index (χ1) is 6.77. The van der Waals surface area contributed by atoms with Crippen molar-refractivity contribution in [3.8, 4) is 0 Å². The second-order valence-electron chi connectivity index (χ2n) is 3.55. The highest BCUT2D eigenvalue weighted by atomic mass is 32.1. The highest BCUT2D eigenvalue weighted by molar-refractivity contribution is 7.71. The van der Waals surface area contributed by atoms with E-state index in [1.165, 1.54) is 0 Å². The smallest absolute Gasteiger partial charge is 0.220 e. The highest BCUT2D eigenvalue weighted by Crippen LogP contribution is 2.17. The molecule has 0 spiro atoms. The molecule has 14 heavy (non-hydrogen) atoms. The van der Waals surface area contributed by atoms with E-state index in [1.54, 1.807) is 0 Å². The maximum absolute atomic E-state index is 5.68. The number of anilines is 1. The Morgan fingerprint density at radius 3 is 2.86 bits per heavy atom. The van der Waals surface area contributed by atoms with Gasteiger partial charge in [0.05, 0.1) is 0 Å². The molecular weight excluding hydrogens is 200 g/mol. The van der Waals surface area contributed by atoms with E-state index in [1.807, 2.05) is 4.57 Å². The Bertz CT molecular complexity index is 352. The summed E-state index contributed by atoms with van der Waals surface area (Å²) < 4.78 is 7.75. The number of rotatable bonds is 2. The lowest BCUT2D eigenvalue weighted by Crippen LogP contribution is -2.21. The van der Waals surface area contributed by atoms with Crippen molar-refractivity contribution >= 4 is 18.2 Å². The van der Waals surface area contributed by atoms with Crippen molar-refractivity contribution in [1.82, 2.24) is 14.8 Å². The van der Waals surface area contributed by atoms with Crippen molar-refractivity contribution in [3.05, 3.63) is 4.77 Å². The molecule has 1 fully saturated rings. The van der Waals surface area contributed by atoms with Gasteiger partial charge in [-0.2, -0.15) is 0 Å². The van der Waals surface area contributed by atoms with E-state index in [9.17, 15) is 0 Å². The molecule has 2 rings (SSSR count). The van der Waals surface area contributed by atoms with Crippen molar-refractivity contribution < 1.29 is 4.74 Å². The van der Waals surface area contributed by atoms with Crippen LogP contribution in [0, 0.1) is 10.7 Å². The summed E-state index contributed by atoms with van der Waals surface area (Å²) in [6, 6.07) is 0. The zero-order valence-corrected chi connectivity index (χ0v) is 8.72. The molecule has 1 aromatic rings. The van der Waals surface area contributed by atoms with Crippen LogP contribution in [0.3, 0.4) is 0 Å². The minimum absolute atomic E-state index is 0.474. The zero-order valence-electron chi connectivity index (χ0n) is 7.90. The Morgan fingerprint density at radius 2 is 2.29 bits per heavy atom. The maximum Gasteiger partial charge on any atom is 0.220 e. The minimum atomic E-state index is 0.474. The molecule has 1 aromatic heterocycles. The number of aromatic amines is 1. The van der Waals surface area contributed by atoms with Crippen LogP contribution in [-0.4, -0.2) is 28.0 Å². The largest absolute Gasteiger partial charge is 0.381 e. The Labute approximate surface area is 87.3 Å². The number of hydrogen-bond acceptors (Lipinski definition) is 4. The van der Waals surface area contributed by atoms with Gasteiger partial charge in [-0.1, -0.05) is 0 Å². The molecule has 0 unspecified atom stereocenters. The van der Waals surface area contributed by atoms with Crippen LogP contribution in [-0.2, 0) is 11.3 Å². The first-order valence-electron chi connectivity index (χ1n) is 4.76. The van der Waals surface area contributed by atoms with Crippen molar-refractivity contribution in [2.24, 2.45) is 5.92 Å². The summed E-state index contributed by atoms with van der Waals surface area (Å²) in [6.45, 7) is 2.54. The number of hydrogen-bond donors (Lipinski definition) is 2. The zero-order chi connectivity index (χ0) is 9.97. The van der Waals surface area contributed by atoms with Crippen molar-refractivity contribution in [2.45, 2.75) is 19.4 Å². The minimum Gasteiger partial charge on any atom is -0.381 e. The molecule has 3 N–H and O–H groups in total. The van der Waals surface area contributed by atoms with Gasteiger partial charge in [-0.15, -0.1) is 5.10 Å². The fourth-order valence-corrected chi connectivity index (χ4v) is 1.91. The Hall–Kier alpha value is -0.880. The SMILES string of the molecule is Nc1n[nH]c(=S)n1CC1CCOCC1. The lowest BCUT2D eigenvalue weighted by Gasteiger charge is -2.22. The van der Waals surface area contributed by atoms with Gasteiger partial charge in [0.25, 0.3) is 0 Å². The third kappa shape index (κ3) is 1.96. The third-order valence-electron chi connectivity index (χ3n) is 2.57. The standard InChI is InChI=1S/C8H14N4OS/c9-7-10-11-8(14)12(7)5-6-1-3-13-4-2-6/h6H,1-5H2,(H2,9,10)(H,11,14). The van der Waals surface area contributed by atoms with Crippen LogP contribution in [0.4, 0.5) is 5.95 Å². The van der Waals surface area contributed by atoms with Gasteiger partial charge in [0.15, 0.2) is 4.77 Å². The van der Waals surface area contributed by atoms with Crippen LogP contribution >= 0.6 is 12.2 Å². The number of nitrogen functional groups attached to an aromatic ring is 1. The number of nitrogens with zero attached hydrogens (tertiary/aromatic N) is 2. The summed E-state index contributed by atoms with van der Waals surface area (Å²) in [4.78, 5) is 0. The van der Waals surface area contributed by atoms with Crippen LogP contribution in [0.5, 0.6) is 0 Å². The summed E-state index contributed by atoms with van der Waals surface area (Å²) in [5.74, 6) is 1.08. The molecule has 5 nitrogen and oxygen atoms in total. The summed E-state index contributed by atoms with van der Waals surface area (Å²) in [7, 11) is 0. The molecular formula is C8H14N4OS. The Kier molecular flexibility index (Phi) is 2.83. The van der Waals surface area contributed by atoms with Gasteiger partial charge in [0, 0.05) is 19.8 Å². The van der Waals surface area contributed by atoms with Gasteiger partial charge in [0.2, 0.25) is 5.95 Å². The molecule has 0 amide bonds. The second kappa shape index (κ2) is 4.10. The quantitative estimate of drug-likeness (QED) is 0.719. The van der Waals surface area contributed by atoms with Crippen molar-refractivity contribution in [3.63, 3.8) is 0 Å². The van der Waals surface area contributed by atoms with Crippen LogP contribution < -0.4 is 5.73 Å². The first kappa shape index (κ1) is 9.67. The van der Waals surface area contributed by atoms with Crippen molar-refractivity contribution in [2.75, 3.05) is 18.9 Å². The van der Waals surface area contributed by atoms with Gasteiger partial charge in [-0.3, -0.25) is 4.57 Å². The van der Waals surface area contributed by atoms with Gasteiger partial charge < -0.3 is 10.5 Å². The predicted octanol–water partition coefficient (Wildman–Crippen LogP) is 0.949. The molecule has 0 atom stereocenters. The molecule has 6 heteroatoms. The molecule has 0 aliphatic carbocycles. The topological polar surface area (TPSA) is 68.9 Å². The Balaban J connectivity index is 2.06. The summed E-state index contributed by atoms with van der Waals surface area (Å²) in [5, 5.41) is 6.56. The average molecular weight is 214 g/mol. The van der Waals surface area contributed by atoms with Gasteiger partial charge >= 0.3 is 0 Å². The van der Waals surface area contributed by atoms with E-state index >= 15 is 0 Å². The molecule has 0 radical (unpaired) electrons. The van der Waals surface area contributed by atoms with Crippen LogP contribution in [0.25, 0.3) is 0 Å². The van der Waals surface area contributed by atoms with E-state index in [-0.39, 0.29) is 0 Å². The van der Waals surface area contributed by atoms with Gasteiger partial charge in [0.1, 0.15) is 0 Å². The molecule has 1 saturated heterocycles. The van der Waals surface area contributed by atoms with E-state index in [4.69, 9.17) is 22.7 Å². The number of aromatic nitrogens is 3. The molecule has 2 heterocycles. The predicted molar refractivity (Wildman–Crippen MR) is 55.4 cm³/mol. The van der Waals surface area contributed by atoms with E-state index < -0.39 is 0 Å². The van der Waals surface area contributed by atoms with Gasteiger partial charge in [-0.25, -0.2) is 5.10 Å². The first-order valence-corrected chi connectivity index (χ1v) is 5.16. The lowest BCUT2D eigenvalue weighted by atomic mass is 10.0. The molecule has 0 aromatic carbocycles. The number of H-pyrrole nitrogens is 1. The van der Waals surface area contributed by atoms with Crippen LogP contribution in [0.1, 0.15) is 12.8 Å². The fraction of sp³-hybridized carbons (Fsp3) is 0.750. The fourth-order valence-electron chi connectivity index (χ4n) is 1.69. The van der Waals surface area contributed by atoms with E-state index in [0.29, 0.717) is 16.6 Å². The third-order valence-corrected chi connectivity index (χ3v) is 2.88. The average Bonchev–Trinajstić information content (AvgIpc) is 2.51. The lowest BCUT2D eigenvalue weighted by molar-refractivity contribution is 0.0613. The number of nitrogens with two attached hydrogens (primary N) is 1.